The number of amides is 1. The summed E-state index contributed by atoms with van der Waals surface area (Å²) in [6.45, 7) is 5.70. The lowest BCUT2D eigenvalue weighted by molar-refractivity contribution is 0.0973. The highest BCUT2D eigenvalue weighted by Crippen LogP contribution is 2.23. The molecule has 19 heavy (non-hydrogen) atoms. The van der Waals surface area contributed by atoms with E-state index in [4.69, 9.17) is 10.5 Å². The summed E-state index contributed by atoms with van der Waals surface area (Å²) in [6, 6.07) is 9.47. The minimum atomic E-state index is -0.603. The van der Waals surface area contributed by atoms with E-state index < -0.39 is 11.5 Å². The highest BCUT2D eigenvalue weighted by Gasteiger charge is 2.21. The standard InChI is InChI=1S/C14H17N3O2/c1-14(2,3)19-11-9-17(16-12(11)13(15)18)10-7-5-4-6-8-10/h4-9H,1-3H3,(H2,15,18). The highest BCUT2D eigenvalue weighted by molar-refractivity contribution is 5.93. The molecule has 5 nitrogen and oxygen atoms in total. The largest absolute Gasteiger partial charge is 0.484 e. The smallest absolute Gasteiger partial charge is 0.273 e. The lowest BCUT2D eigenvalue weighted by Gasteiger charge is -2.20. The Morgan fingerprint density at radius 1 is 1.26 bits per heavy atom. The predicted molar refractivity (Wildman–Crippen MR) is 72.5 cm³/mol. The van der Waals surface area contributed by atoms with Crippen molar-refractivity contribution in [3.05, 3.63) is 42.2 Å². The average molecular weight is 259 g/mol. The van der Waals surface area contributed by atoms with Crippen molar-refractivity contribution in [3.63, 3.8) is 0 Å². The third-order valence-electron chi connectivity index (χ3n) is 2.35. The number of hydrogen-bond acceptors (Lipinski definition) is 3. The molecule has 2 N–H and O–H groups in total. The number of ether oxygens (including phenoxy) is 1. The molecule has 2 aromatic rings. The Kier molecular flexibility index (Phi) is 3.29. The number of para-hydroxylation sites is 1. The Labute approximate surface area is 112 Å². The SMILES string of the molecule is CC(C)(C)Oc1cn(-c2ccccc2)nc1C(N)=O. The van der Waals surface area contributed by atoms with Gasteiger partial charge in [0.2, 0.25) is 0 Å². The van der Waals surface area contributed by atoms with Gasteiger partial charge in [0.25, 0.3) is 5.91 Å². The van der Waals surface area contributed by atoms with Gasteiger partial charge in [-0.1, -0.05) is 18.2 Å². The molecule has 0 saturated carbocycles. The molecule has 5 heteroatoms. The quantitative estimate of drug-likeness (QED) is 0.918. The Balaban J connectivity index is 2.44. The molecular weight excluding hydrogens is 242 g/mol. The molecule has 0 fully saturated rings. The van der Waals surface area contributed by atoms with Gasteiger partial charge in [0, 0.05) is 0 Å². The Bertz CT molecular complexity index is 582. The van der Waals surface area contributed by atoms with E-state index in [1.54, 1.807) is 10.9 Å². The van der Waals surface area contributed by atoms with Crippen molar-refractivity contribution < 1.29 is 9.53 Å². The van der Waals surface area contributed by atoms with E-state index >= 15 is 0 Å². The molecule has 1 aromatic carbocycles. The van der Waals surface area contributed by atoms with Gasteiger partial charge in [0.15, 0.2) is 11.4 Å². The maximum Gasteiger partial charge on any atom is 0.273 e. The van der Waals surface area contributed by atoms with Crippen molar-refractivity contribution in [2.45, 2.75) is 26.4 Å². The van der Waals surface area contributed by atoms with Crippen LogP contribution in [0.15, 0.2) is 36.5 Å². The maximum absolute atomic E-state index is 11.4. The first-order chi connectivity index (χ1) is 8.87. The minimum absolute atomic E-state index is 0.138. The summed E-state index contributed by atoms with van der Waals surface area (Å²) in [5.74, 6) is -0.210. The molecule has 0 aliphatic rings. The van der Waals surface area contributed by atoms with Crippen molar-refractivity contribution in [1.82, 2.24) is 9.78 Å². The van der Waals surface area contributed by atoms with Crippen LogP contribution in [0.5, 0.6) is 5.75 Å². The molecule has 0 saturated heterocycles. The monoisotopic (exact) mass is 259 g/mol. The van der Waals surface area contributed by atoms with Crippen molar-refractivity contribution in [2.75, 3.05) is 0 Å². The molecule has 0 aliphatic carbocycles. The van der Waals surface area contributed by atoms with E-state index in [1.165, 1.54) is 0 Å². The summed E-state index contributed by atoms with van der Waals surface area (Å²) < 4.78 is 7.30. The van der Waals surface area contributed by atoms with Crippen molar-refractivity contribution in [1.29, 1.82) is 0 Å². The maximum atomic E-state index is 11.4. The number of carbonyl (C=O) groups is 1. The van der Waals surface area contributed by atoms with E-state index in [0.29, 0.717) is 5.75 Å². The summed E-state index contributed by atoms with van der Waals surface area (Å²) >= 11 is 0. The lowest BCUT2D eigenvalue weighted by Crippen LogP contribution is -2.24. The number of hydrogen-bond donors (Lipinski definition) is 1. The second-order valence-electron chi connectivity index (χ2n) is 5.20. The van der Waals surface area contributed by atoms with Crippen LogP contribution in [-0.4, -0.2) is 21.3 Å². The normalized spacial score (nSPS) is 11.3. The van der Waals surface area contributed by atoms with E-state index in [9.17, 15) is 4.79 Å². The van der Waals surface area contributed by atoms with Crippen LogP contribution in [0.3, 0.4) is 0 Å². The molecule has 0 atom stereocenters. The van der Waals surface area contributed by atoms with Gasteiger partial charge >= 0.3 is 0 Å². The number of nitrogens with zero attached hydrogens (tertiary/aromatic N) is 2. The summed E-state index contributed by atoms with van der Waals surface area (Å²) in [7, 11) is 0. The zero-order chi connectivity index (χ0) is 14.0. The second kappa shape index (κ2) is 4.76. The second-order valence-corrected chi connectivity index (χ2v) is 5.20. The van der Waals surface area contributed by atoms with E-state index in [0.717, 1.165) is 5.69 Å². The topological polar surface area (TPSA) is 70.1 Å². The summed E-state index contributed by atoms with van der Waals surface area (Å²) in [6.07, 6.45) is 1.67. The van der Waals surface area contributed by atoms with Crippen LogP contribution in [0.1, 0.15) is 31.3 Å². The molecule has 1 aromatic heterocycles. The average Bonchev–Trinajstić information content (AvgIpc) is 2.72. The van der Waals surface area contributed by atoms with Crippen LogP contribution in [0, 0.1) is 0 Å². The molecule has 0 spiro atoms. The van der Waals surface area contributed by atoms with E-state index in [2.05, 4.69) is 5.10 Å². The number of primary amides is 1. The van der Waals surface area contributed by atoms with Gasteiger partial charge in [-0.15, -0.1) is 0 Å². The Morgan fingerprint density at radius 3 is 2.42 bits per heavy atom. The first-order valence-electron chi connectivity index (χ1n) is 6.01. The number of rotatable bonds is 3. The van der Waals surface area contributed by atoms with Crippen molar-refractivity contribution in [2.24, 2.45) is 5.73 Å². The van der Waals surface area contributed by atoms with Crippen LogP contribution in [0.4, 0.5) is 0 Å². The van der Waals surface area contributed by atoms with E-state index in [1.807, 2.05) is 51.1 Å². The molecule has 0 aliphatic heterocycles. The van der Waals surface area contributed by atoms with Crippen molar-refractivity contribution in [3.8, 4) is 11.4 Å². The van der Waals surface area contributed by atoms with Gasteiger partial charge < -0.3 is 10.5 Å². The Morgan fingerprint density at radius 2 is 1.89 bits per heavy atom. The van der Waals surface area contributed by atoms with Crippen LogP contribution < -0.4 is 10.5 Å². The molecule has 100 valence electrons. The zero-order valence-corrected chi connectivity index (χ0v) is 11.3. The van der Waals surface area contributed by atoms with Crippen LogP contribution in [-0.2, 0) is 0 Å². The molecule has 0 bridgehead atoms. The molecular formula is C14H17N3O2. The van der Waals surface area contributed by atoms with Gasteiger partial charge in [-0.2, -0.15) is 5.10 Å². The van der Waals surface area contributed by atoms with Gasteiger partial charge in [-0.25, -0.2) is 4.68 Å². The fraction of sp³-hybridized carbons (Fsp3) is 0.286. The number of carbonyl (C=O) groups excluding carboxylic acids is 1. The fourth-order valence-electron chi connectivity index (χ4n) is 1.65. The van der Waals surface area contributed by atoms with Gasteiger partial charge in [0.05, 0.1) is 11.9 Å². The minimum Gasteiger partial charge on any atom is -0.484 e. The van der Waals surface area contributed by atoms with E-state index in [-0.39, 0.29) is 5.69 Å². The summed E-state index contributed by atoms with van der Waals surface area (Å²) in [5.41, 5.74) is 5.89. The van der Waals surface area contributed by atoms with Crippen molar-refractivity contribution >= 4 is 5.91 Å². The third kappa shape index (κ3) is 3.13. The predicted octanol–water partition coefficient (Wildman–Crippen LogP) is 2.15. The van der Waals surface area contributed by atoms with Gasteiger partial charge in [-0.3, -0.25) is 4.79 Å². The highest BCUT2D eigenvalue weighted by atomic mass is 16.5. The first-order valence-corrected chi connectivity index (χ1v) is 6.01. The molecule has 2 rings (SSSR count). The fourth-order valence-corrected chi connectivity index (χ4v) is 1.65. The summed E-state index contributed by atoms with van der Waals surface area (Å²) in [4.78, 5) is 11.4. The summed E-state index contributed by atoms with van der Waals surface area (Å²) in [5, 5.41) is 4.18. The number of benzene rings is 1. The molecule has 1 heterocycles. The van der Waals surface area contributed by atoms with Gasteiger partial charge in [0.1, 0.15) is 5.60 Å². The lowest BCUT2D eigenvalue weighted by atomic mass is 10.2. The van der Waals surface area contributed by atoms with Crippen LogP contribution >= 0.6 is 0 Å². The van der Waals surface area contributed by atoms with Crippen LogP contribution in [0.25, 0.3) is 5.69 Å². The molecule has 1 amide bonds. The van der Waals surface area contributed by atoms with Gasteiger partial charge in [-0.05, 0) is 32.9 Å². The Hall–Kier alpha value is -2.30. The number of aromatic nitrogens is 2. The third-order valence-corrected chi connectivity index (χ3v) is 2.35. The number of nitrogens with two attached hydrogens (primary N) is 1. The first kappa shape index (κ1) is 13.1. The molecule has 0 radical (unpaired) electrons. The molecule has 0 unspecified atom stereocenters. The van der Waals surface area contributed by atoms with Crippen LogP contribution in [0.2, 0.25) is 0 Å². The zero-order valence-electron chi connectivity index (χ0n) is 11.3.